The van der Waals surface area contributed by atoms with Gasteiger partial charge in [0.15, 0.2) is 11.4 Å². The Morgan fingerprint density at radius 2 is 1.94 bits per heavy atom. The number of halogens is 2. The number of hydrogen-bond donors (Lipinski definition) is 1. The van der Waals surface area contributed by atoms with Crippen molar-refractivity contribution in [2.45, 2.75) is 6.54 Å². The molecule has 1 N–H and O–H groups in total. The van der Waals surface area contributed by atoms with Crippen LogP contribution in [0.15, 0.2) is 77.1 Å². The van der Waals surface area contributed by atoms with Crippen molar-refractivity contribution >= 4 is 40.2 Å². The van der Waals surface area contributed by atoms with Crippen molar-refractivity contribution in [3.05, 3.63) is 93.3 Å². The van der Waals surface area contributed by atoms with Crippen molar-refractivity contribution in [3.8, 4) is 17.0 Å². The summed E-state index contributed by atoms with van der Waals surface area (Å²) < 4.78 is 21.7. The molecule has 1 amide bonds. The number of para-hydroxylation sites is 1. The van der Waals surface area contributed by atoms with Crippen LogP contribution in [0.1, 0.15) is 5.56 Å². The summed E-state index contributed by atoms with van der Waals surface area (Å²) in [6.45, 7) is 0.453. The highest BCUT2D eigenvalue weighted by Gasteiger charge is 2.18. The van der Waals surface area contributed by atoms with E-state index in [-0.39, 0.29) is 24.0 Å². The smallest absolute Gasteiger partial charge is 0.262 e. The maximum atomic E-state index is 14.3. The minimum Gasteiger partial charge on any atom is -0.482 e. The lowest BCUT2D eigenvalue weighted by Gasteiger charge is -2.19. The normalized spacial score (nSPS) is 13.4. The van der Waals surface area contributed by atoms with Gasteiger partial charge in [-0.1, -0.05) is 41.9 Å². The Labute approximate surface area is 192 Å². The van der Waals surface area contributed by atoms with Crippen LogP contribution < -0.4 is 14.9 Å². The molecule has 1 aromatic heterocycles. The van der Waals surface area contributed by atoms with Crippen molar-refractivity contribution in [2.24, 2.45) is 4.99 Å². The minimum atomic E-state index is -0.389. The van der Waals surface area contributed by atoms with Crippen LogP contribution in [-0.4, -0.2) is 17.1 Å². The predicted octanol–water partition coefficient (Wildman–Crippen LogP) is 5.62. The standard InChI is InChI=1S/C24H17ClFN3O2S/c25-17-6-2-1-5-16(17)12-29-21(14-32-24(29)28-19-8-4-3-7-18(19)26)15-9-10-22-20(11-15)27-23(30)13-31-22/h1-11,14H,12-13H2,(H,27,30). The van der Waals surface area contributed by atoms with Crippen molar-refractivity contribution in [1.29, 1.82) is 0 Å². The van der Waals surface area contributed by atoms with E-state index in [2.05, 4.69) is 10.3 Å². The number of hydrogen-bond acceptors (Lipinski definition) is 4. The van der Waals surface area contributed by atoms with Crippen LogP contribution >= 0.6 is 22.9 Å². The molecule has 32 heavy (non-hydrogen) atoms. The van der Waals surface area contributed by atoms with Gasteiger partial charge in [-0.2, -0.15) is 0 Å². The van der Waals surface area contributed by atoms with Gasteiger partial charge in [0.1, 0.15) is 17.3 Å². The molecule has 0 unspecified atom stereocenters. The van der Waals surface area contributed by atoms with E-state index < -0.39 is 0 Å². The number of benzene rings is 3. The van der Waals surface area contributed by atoms with E-state index in [1.165, 1.54) is 17.4 Å². The fourth-order valence-electron chi connectivity index (χ4n) is 3.49. The van der Waals surface area contributed by atoms with E-state index in [9.17, 15) is 9.18 Å². The average molecular weight is 466 g/mol. The number of rotatable bonds is 4. The summed E-state index contributed by atoms with van der Waals surface area (Å²) >= 11 is 7.83. The Kier molecular flexibility index (Phi) is 5.51. The summed E-state index contributed by atoms with van der Waals surface area (Å²) in [5, 5.41) is 5.44. The topological polar surface area (TPSA) is 55.6 Å². The van der Waals surface area contributed by atoms with Gasteiger partial charge in [0, 0.05) is 16.0 Å². The molecule has 0 saturated heterocycles. The number of aromatic nitrogens is 1. The number of carbonyl (C=O) groups excluding carboxylic acids is 1. The second-order valence-electron chi connectivity index (χ2n) is 7.19. The van der Waals surface area contributed by atoms with Gasteiger partial charge in [0.2, 0.25) is 0 Å². The summed E-state index contributed by atoms with van der Waals surface area (Å²) in [6, 6.07) is 19.6. The molecule has 160 valence electrons. The Morgan fingerprint density at radius 1 is 1.12 bits per heavy atom. The third kappa shape index (κ3) is 4.04. The predicted molar refractivity (Wildman–Crippen MR) is 124 cm³/mol. The van der Waals surface area contributed by atoms with Gasteiger partial charge < -0.3 is 14.6 Å². The summed E-state index contributed by atoms with van der Waals surface area (Å²) in [5.41, 5.74) is 3.53. The molecule has 0 aliphatic carbocycles. The maximum Gasteiger partial charge on any atom is 0.262 e. The van der Waals surface area contributed by atoms with Crippen LogP contribution in [0, 0.1) is 5.82 Å². The first-order chi connectivity index (χ1) is 15.6. The van der Waals surface area contributed by atoms with Crippen LogP contribution in [0.5, 0.6) is 5.75 Å². The quantitative estimate of drug-likeness (QED) is 0.425. The Balaban J connectivity index is 1.66. The zero-order chi connectivity index (χ0) is 22.1. The van der Waals surface area contributed by atoms with Crippen molar-refractivity contribution in [1.82, 2.24) is 4.57 Å². The molecule has 1 aliphatic rings. The third-order valence-electron chi connectivity index (χ3n) is 5.06. The van der Waals surface area contributed by atoms with Gasteiger partial charge in [0.05, 0.1) is 17.9 Å². The van der Waals surface area contributed by atoms with E-state index in [4.69, 9.17) is 16.3 Å². The molecule has 0 spiro atoms. The second kappa shape index (κ2) is 8.61. The summed E-state index contributed by atoms with van der Waals surface area (Å²) in [6.07, 6.45) is 0. The number of nitrogens with one attached hydrogen (secondary N) is 1. The van der Waals surface area contributed by atoms with E-state index in [1.807, 2.05) is 52.4 Å². The number of carbonyl (C=O) groups is 1. The van der Waals surface area contributed by atoms with Gasteiger partial charge in [-0.25, -0.2) is 9.38 Å². The molecule has 0 bridgehead atoms. The zero-order valence-electron chi connectivity index (χ0n) is 16.7. The molecule has 5 rings (SSSR count). The molecular weight excluding hydrogens is 449 g/mol. The lowest BCUT2D eigenvalue weighted by atomic mass is 10.1. The highest BCUT2D eigenvalue weighted by molar-refractivity contribution is 7.07. The fourth-order valence-corrected chi connectivity index (χ4v) is 4.60. The van der Waals surface area contributed by atoms with E-state index in [1.54, 1.807) is 18.2 Å². The Hall–Kier alpha value is -3.42. The molecule has 0 saturated carbocycles. The third-order valence-corrected chi connectivity index (χ3v) is 6.29. The van der Waals surface area contributed by atoms with E-state index in [0.717, 1.165) is 16.8 Å². The number of amides is 1. The molecule has 5 nitrogen and oxygen atoms in total. The Morgan fingerprint density at radius 3 is 2.78 bits per heavy atom. The molecule has 8 heteroatoms. The zero-order valence-corrected chi connectivity index (χ0v) is 18.3. The van der Waals surface area contributed by atoms with Crippen molar-refractivity contribution in [2.75, 3.05) is 11.9 Å². The number of ether oxygens (including phenoxy) is 1. The minimum absolute atomic E-state index is 0.00295. The van der Waals surface area contributed by atoms with Gasteiger partial charge in [0.25, 0.3) is 5.91 Å². The number of thiazole rings is 1. The van der Waals surface area contributed by atoms with Crippen LogP contribution in [0.25, 0.3) is 11.3 Å². The van der Waals surface area contributed by atoms with Crippen molar-refractivity contribution < 1.29 is 13.9 Å². The SMILES string of the molecule is O=C1COc2ccc(-c3csc(=Nc4ccccc4F)n3Cc3ccccc3Cl)cc2N1. The van der Waals surface area contributed by atoms with Crippen LogP contribution in [0.3, 0.4) is 0 Å². The van der Waals surface area contributed by atoms with Crippen molar-refractivity contribution in [3.63, 3.8) is 0 Å². The fraction of sp³-hybridized carbons (Fsp3) is 0.0833. The van der Waals surface area contributed by atoms with E-state index in [0.29, 0.717) is 27.8 Å². The monoisotopic (exact) mass is 465 g/mol. The molecular formula is C24H17ClFN3O2S. The lowest BCUT2D eigenvalue weighted by molar-refractivity contribution is -0.118. The van der Waals surface area contributed by atoms with Crippen LogP contribution in [0.4, 0.5) is 15.8 Å². The highest BCUT2D eigenvalue weighted by Crippen LogP contribution is 2.33. The second-order valence-corrected chi connectivity index (χ2v) is 8.44. The molecule has 1 aliphatic heterocycles. The number of nitrogens with zero attached hydrogens (tertiary/aromatic N) is 2. The van der Waals surface area contributed by atoms with Crippen LogP contribution in [-0.2, 0) is 11.3 Å². The summed E-state index contributed by atoms with van der Waals surface area (Å²) in [5.74, 6) is 0.0389. The van der Waals surface area contributed by atoms with Gasteiger partial charge in [-0.15, -0.1) is 11.3 Å². The summed E-state index contributed by atoms with van der Waals surface area (Å²) in [7, 11) is 0. The first-order valence-electron chi connectivity index (χ1n) is 9.86. The molecule has 0 atom stereocenters. The highest BCUT2D eigenvalue weighted by atomic mass is 35.5. The summed E-state index contributed by atoms with van der Waals surface area (Å²) in [4.78, 5) is 17.0. The maximum absolute atomic E-state index is 14.3. The molecule has 4 aromatic rings. The Bertz CT molecular complexity index is 1400. The lowest BCUT2D eigenvalue weighted by Crippen LogP contribution is -2.25. The van der Waals surface area contributed by atoms with Gasteiger partial charge in [-0.05, 0) is 42.0 Å². The van der Waals surface area contributed by atoms with Crippen LogP contribution in [0.2, 0.25) is 5.02 Å². The molecule has 0 radical (unpaired) electrons. The first-order valence-corrected chi connectivity index (χ1v) is 11.1. The van der Waals surface area contributed by atoms with Gasteiger partial charge >= 0.3 is 0 Å². The molecule has 2 heterocycles. The molecule has 3 aromatic carbocycles. The number of fused-ring (bicyclic) bond motifs is 1. The number of anilines is 1. The van der Waals surface area contributed by atoms with Gasteiger partial charge in [-0.3, -0.25) is 4.79 Å². The van der Waals surface area contributed by atoms with E-state index >= 15 is 0 Å². The first kappa shape index (κ1) is 20.5. The molecule has 0 fully saturated rings. The average Bonchev–Trinajstić information content (AvgIpc) is 3.18. The largest absolute Gasteiger partial charge is 0.482 e.